The molecule has 3 aromatic rings. The van der Waals surface area contributed by atoms with Gasteiger partial charge in [0.05, 0.1) is 6.04 Å². The number of benzene rings is 1. The smallest absolute Gasteiger partial charge is 0.291 e. The summed E-state index contributed by atoms with van der Waals surface area (Å²) >= 11 is 0. The van der Waals surface area contributed by atoms with Gasteiger partial charge in [0.25, 0.3) is 11.7 Å². The number of nitrogens with one attached hydrogen (secondary N) is 1. The van der Waals surface area contributed by atoms with E-state index in [4.69, 9.17) is 4.74 Å². The van der Waals surface area contributed by atoms with Crippen LogP contribution in [0.2, 0.25) is 0 Å². The van der Waals surface area contributed by atoms with E-state index in [0.717, 1.165) is 36.3 Å². The highest BCUT2D eigenvalue weighted by atomic mass is 16.5. The Morgan fingerprint density at radius 2 is 2.15 bits per heavy atom. The minimum Gasteiger partial charge on any atom is -0.487 e. The lowest BCUT2D eigenvalue weighted by molar-refractivity contribution is -0.0360. The second-order valence-corrected chi connectivity index (χ2v) is 7.14. The summed E-state index contributed by atoms with van der Waals surface area (Å²) in [6, 6.07) is 9.65. The van der Waals surface area contributed by atoms with Crippen LogP contribution in [0.4, 0.5) is 0 Å². The Bertz CT molecular complexity index is 1010. The van der Waals surface area contributed by atoms with Gasteiger partial charge in [-0.3, -0.25) is 4.79 Å². The number of carbonyl (C=O) groups excluding carboxylic acids is 1. The van der Waals surface area contributed by atoms with Gasteiger partial charge in [-0.15, -0.1) is 5.10 Å². The van der Waals surface area contributed by atoms with Gasteiger partial charge in [-0.05, 0) is 38.3 Å². The van der Waals surface area contributed by atoms with E-state index in [9.17, 15) is 4.79 Å². The fourth-order valence-electron chi connectivity index (χ4n) is 3.85. The summed E-state index contributed by atoms with van der Waals surface area (Å²) in [5.41, 5.74) is 1.75. The first-order valence-corrected chi connectivity index (χ1v) is 8.91. The van der Waals surface area contributed by atoms with Crippen molar-refractivity contribution < 1.29 is 9.53 Å². The van der Waals surface area contributed by atoms with Gasteiger partial charge < -0.3 is 10.1 Å². The summed E-state index contributed by atoms with van der Waals surface area (Å²) in [6.45, 7) is 1.90. The second-order valence-electron chi connectivity index (χ2n) is 7.14. The molecule has 2 aromatic heterocycles. The molecule has 1 N–H and O–H groups in total. The zero-order valence-corrected chi connectivity index (χ0v) is 14.5. The molecule has 26 heavy (non-hydrogen) atoms. The van der Waals surface area contributed by atoms with Crippen LogP contribution < -0.4 is 10.1 Å². The van der Waals surface area contributed by atoms with E-state index in [1.54, 1.807) is 10.7 Å². The third-order valence-corrected chi connectivity index (χ3v) is 5.40. The molecule has 0 radical (unpaired) electrons. The summed E-state index contributed by atoms with van der Waals surface area (Å²) in [5.74, 6) is 1.15. The quantitative estimate of drug-likeness (QED) is 0.769. The molecule has 1 aliphatic heterocycles. The minimum absolute atomic E-state index is 0.103. The Labute approximate surface area is 150 Å². The molecule has 0 bridgehead atoms. The average molecular weight is 349 g/mol. The van der Waals surface area contributed by atoms with Gasteiger partial charge >= 0.3 is 0 Å². The predicted molar refractivity (Wildman–Crippen MR) is 94.0 cm³/mol. The molecule has 1 fully saturated rings. The van der Waals surface area contributed by atoms with Gasteiger partial charge in [0.1, 0.15) is 11.4 Å². The maximum absolute atomic E-state index is 12.8. The molecule has 1 spiro atoms. The average Bonchev–Trinajstić information content (AvgIpc) is 3.06. The molecule has 5 rings (SSSR count). The van der Waals surface area contributed by atoms with Gasteiger partial charge in [-0.1, -0.05) is 18.2 Å². The normalized spacial score (nSPS) is 20.3. The number of rotatable bonds is 2. The molecule has 2 aliphatic rings. The third-order valence-electron chi connectivity index (χ3n) is 5.40. The number of hydrogen-bond acceptors (Lipinski definition) is 5. The second kappa shape index (κ2) is 5.52. The van der Waals surface area contributed by atoms with E-state index in [1.165, 1.54) is 6.42 Å². The number of amides is 1. The number of ether oxygens (including phenoxy) is 1. The Hall–Kier alpha value is -2.96. The van der Waals surface area contributed by atoms with Gasteiger partial charge in [0.2, 0.25) is 5.82 Å². The maximum Gasteiger partial charge on any atom is 0.291 e. The number of carbonyl (C=O) groups is 1. The number of aryl methyl sites for hydroxylation is 1. The van der Waals surface area contributed by atoms with E-state index >= 15 is 0 Å². The maximum atomic E-state index is 12.8. The van der Waals surface area contributed by atoms with Crippen molar-refractivity contribution in [1.29, 1.82) is 0 Å². The minimum atomic E-state index is -0.286. The lowest BCUT2D eigenvalue weighted by Gasteiger charge is -2.47. The van der Waals surface area contributed by atoms with Gasteiger partial charge in [0.15, 0.2) is 0 Å². The van der Waals surface area contributed by atoms with Crippen LogP contribution in [0, 0.1) is 6.92 Å². The van der Waals surface area contributed by atoms with E-state index in [2.05, 4.69) is 20.4 Å². The van der Waals surface area contributed by atoms with Crippen molar-refractivity contribution in [2.75, 3.05) is 0 Å². The van der Waals surface area contributed by atoms with Crippen molar-refractivity contribution in [1.82, 2.24) is 24.9 Å². The first-order chi connectivity index (χ1) is 12.6. The molecule has 1 aliphatic carbocycles. The zero-order chi connectivity index (χ0) is 17.7. The highest BCUT2D eigenvalue weighted by molar-refractivity contribution is 5.91. The molecule has 7 heteroatoms. The fraction of sp³-hybridized carbons (Fsp3) is 0.368. The first kappa shape index (κ1) is 15.3. The van der Waals surface area contributed by atoms with Crippen LogP contribution in [-0.2, 0) is 0 Å². The van der Waals surface area contributed by atoms with E-state index in [0.29, 0.717) is 5.78 Å². The number of fused-ring (bicyclic) bond motifs is 2. The third kappa shape index (κ3) is 2.34. The Morgan fingerprint density at radius 3 is 2.92 bits per heavy atom. The molecule has 1 atom stereocenters. The van der Waals surface area contributed by atoms with Crippen molar-refractivity contribution in [3.8, 4) is 5.75 Å². The standard InChI is InChI=1S/C19H19N5O2/c1-12-7-10-20-18-22-16(23-24(12)18)17(25)21-14-11-19(8-4-9-19)26-15-6-3-2-5-13(14)15/h2-3,5-7,10,14H,4,8-9,11H2,1H3,(H,21,25). The predicted octanol–water partition coefficient (Wildman–Crippen LogP) is 2.61. The van der Waals surface area contributed by atoms with Crippen molar-refractivity contribution in [3.63, 3.8) is 0 Å². The highest BCUT2D eigenvalue weighted by Crippen LogP contribution is 2.48. The molecular formula is C19H19N5O2. The number of aromatic nitrogens is 4. The summed E-state index contributed by atoms with van der Waals surface area (Å²) in [5, 5.41) is 7.41. The SMILES string of the molecule is Cc1ccnc2nc(C(=O)NC3CC4(CCC4)Oc4ccccc43)nn12. The molecular weight excluding hydrogens is 330 g/mol. The zero-order valence-electron chi connectivity index (χ0n) is 14.5. The van der Waals surface area contributed by atoms with Crippen LogP contribution in [0.1, 0.15) is 53.6 Å². The molecule has 1 amide bonds. The van der Waals surface area contributed by atoms with Crippen molar-refractivity contribution in [2.45, 2.75) is 44.2 Å². The molecule has 0 saturated heterocycles. The van der Waals surface area contributed by atoms with Crippen LogP contribution >= 0.6 is 0 Å². The van der Waals surface area contributed by atoms with Crippen molar-refractivity contribution in [3.05, 3.63) is 53.6 Å². The largest absolute Gasteiger partial charge is 0.487 e. The summed E-state index contributed by atoms with van der Waals surface area (Å²) in [6.07, 6.45) is 5.67. The topological polar surface area (TPSA) is 81.4 Å². The summed E-state index contributed by atoms with van der Waals surface area (Å²) in [7, 11) is 0. The van der Waals surface area contributed by atoms with Crippen molar-refractivity contribution >= 4 is 11.7 Å². The fourth-order valence-corrected chi connectivity index (χ4v) is 3.85. The van der Waals surface area contributed by atoms with Gasteiger partial charge in [-0.25, -0.2) is 9.50 Å². The molecule has 1 saturated carbocycles. The van der Waals surface area contributed by atoms with Crippen LogP contribution in [0.15, 0.2) is 36.5 Å². The van der Waals surface area contributed by atoms with Crippen molar-refractivity contribution in [2.24, 2.45) is 0 Å². The Balaban J connectivity index is 1.46. The molecule has 7 nitrogen and oxygen atoms in total. The molecule has 1 aromatic carbocycles. The number of para-hydroxylation sites is 1. The monoisotopic (exact) mass is 349 g/mol. The molecule has 3 heterocycles. The Kier molecular flexibility index (Phi) is 3.25. The Morgan fingerprint density at radius 1 is 1.31 bits per heavy atom. The first-order valence-electron chi connectivity index (χ1n) is 8.91. The molecule has 1 unspecified atom stereocenters. The van der Waals surface area contributed by atoms with E-state index < -0.39 is 0 Å². The van der Waals surface area contributed by atoms with E-state index in [1.807, 2.05) is 37.3 Å². The number of hydrogen-bond donors (Lipinski definition) is 1. The van der Waals surface area contributed by atoms with Crippen LogP contribution in [0.3, 0.4) is 0 Å². The van der Waals surface area contributed by atoms with Crippen LogP contribution in [-0.4, -0.2) is 31.1 Å². The summed E-state index contributed by atoms with van der Waals surface area (Å²) < 4.78 is 7.82. The van der Waals surface area contributed by atoms with Gasteiger partial charge in [0, 0.05) is 23.9 Å². The highest BCUT2D eigenvalue weighted by Gasteiger charge is 2.46. The van der Waals surface area contributed by atoms with E-state index in [-0.39, 0.29) is 23.4 Å². The van der Waals surface area contributed by atoms with Crippen LogP contribution in [0.5, 0.6) is 5.75 Å². The van der Waals surface area contributed by atoms with Gasteiger partial charge in [-0.2, -0.15) is 4.98 Å². The number of nitrogens with zero attached hydrogens (tertiary/aromatic N) is 4. The lowest BCUT2D eigenvalue weighted by Crippen LogP contribution is -2.49. The summed E-state index contributed by atoms with van der Waals surface area (Å²) in [4.78, 5) is 21.2. The lowest BCUT2D eigenvalue weighted by atomic mass is 9.73. The van der Waals surface area contributed by atoms with Crippen LogP contribution in [0.25, 0.3) is 5.78 Å². The molecule has 132 valence electrons.